The van der Waals surface area contributed by atoms with Gasteiger partial charge < -0.3 is 10.4 Å². The number of carboxylic acid groups (broad SMARTS) is 1. The molecule has 0 spiro atoms. The zero-order chi connectivity index (χ0) is 11.5. The number of aromatic carboxylic acids is 1. The summed E-state index contributed by atoms with van der Waals surface area (Å²) in [5.74, 6) is -0.820. The molecular formula is C11H16N2O2S. The lowest BCUT2D eigenvalue weighted by Gasteiger charge is -2.27. The zero-order valence-corrected chi connectivity index (χ0v) is 10.1. The van der Waals surface area contributed by atoms with Crippen LogP contribution in [-0.4, -0.2) is 42.2 Å². The van der Waals surface area contributed by atoms with Crippen LogP contribution in [0.25, 0.3) is 0 Å². The summed E-state index contributed by atoms with van der Waals surface area (Å²) >= 11 is 1.37. The molecule has 0 amide bonds. The molecule has 1 aliphatic heterocycles. The van der Waals surface area contributed by atoms with Crippen LogP contribution in [0.15, 0.2) is 6.07 Å². The van der Waals surface area contributed by atoms with E-state index in [-0.39, 0.29) is 0 Å². The van der Waals surface area contributed by atoms with Crippen LogP contribution in [0.4, 0.5) is 0 Å². The molecule has 1 aromatic rings. The number of hydrogen-bond acceptors (Lipinski definition) is 4. The summed E-state index contributed by atoms with van der Waals surface area (Å²) in [5.41, 5.74) is 1.16. The third kappa shape index (κ3) is 2.61. The lowest BCUT2D eigenvalue weighted by molar-refractivity contribution is 0.0702. The Morgan fingerprint density at radius 2 is 2.25 bits per heavy atom. The van der Waals surface area contributed by atoms with E-state index < -0.39 is 5.97 Å². The number of thiophene rings is 1. The second-order valence-corrected chi connectivity index (χ2v) is 5.28. The minimum atomic E-state index is -0.820. The highest BCUT2D eigenvalue weighted by atomic mass is 32.1. The molecule has 0 bridgehead atoms. The van der Waals surface area contributed by atoms with Crippen LogP contribution in [0.1, 0.15) is 20.1 Å². The molecule has 0 aliphatic carbocycles. The summed E-state index contributed by atoms with van der Waals surface area (Å²) in [5, 5.41) is 12.2. The second-order valence-electron chi connectivity index (χ2n) is 4.02. The Bertz CT molecular complexity index is 383. The molecule has 2 N–H and O–H groups in total. The lowest BCUT2D eigenvalue weighted by atomic mass is 10.2. The van der Waals surface area contributed by atoms with Crippen LogP contribution >= 0.6 is 11.3 Å². The minimum Gasteiger partial charge on any atom is -0.477 e. The van der Waals surface area contributed by atoms with Gasteiger partial charge in [0.05, 0.1) is 0 Å². The molecule has 1 aromatic heterocycles. The highest BCUT2D eigenvalue weighted by Gasteiger charge is 2.15. The van der Waals surface area contributed by atoms with Crippen molar-refractivity contribution in [3.63, 3.8) is 0 Å². The quantitative estimate of drug-likeness (QED) is 0.832. The van der Waals surface area contributed by atoms with Gasteiger partial charge in [-0.1, -0.05) is 0 Å². The van der Waals surface area contributed by atoms with E-state index in [9.17, 15) is 4.79 Å². The van der Waals surface area contributed by atoms with Crippen LogP contribution in [0, 0.1) is 6.92 Å². The van der Waals surface area contributed by atoms with Gasteiger partial charge in [0.25, 0.3) is 0 Å². The molecule has 0 atom stereocenters. The molecule has 1 fully saturated rings. The van der Waals surface area contributed by atoms with Gasteiger partial charge in [0, 0.05) is 37.6 Å². The van der Waals surface area contributed by atoms with E-state index in [4.69, 9.17) is 5.11 Å². The van der Waals surface area contributed by atoms with Crippen molar-refractivity contribution >= 4 is 17.3 Å². The van der Waals surface area contributed by atoms with Crippen molar-refractivity contribution in [2.24, 2.45) is 0 Å². The SMILES string of the molecule is Cc1sc(C(=O)O)cc1CN1CCNCC1. The number of carboxylic acids is 1. The summed E-state index contributed by atoms with van der Waals surface area (Å²) in [7, 11) is 0. The van der Waals surface area contributed by atoms with Crippen LogP contribution in [0.5, 0.6) is 0 Å². The molecule has 2 heterocycles. The van der Waals surface area contributed by atoms with Crippen LogP contribution in [0.3, 0.4) is 0 Å². The minimum absolute atomic E-state index is 0.447. The standard InChI is InChI=1S/C11H16N2O2S/c1-8-9(6-10(16-8)11(14)15)7-13-4-2-12-3-5-13/h6,12H,2-5,7H2,1H3,(H,14,15). The lowest BCUT2D eigenvalue weighted by Crippen LogP contribution is -2.42. The normalized spacial score (nSPS) is 17.6. The number of hydrogen-bond donors (Lipinski definition) is 2. The summed E-state index contributed by atoms with van der Waals surface area (Å²) in [6.45, 7) is 6.99. The van der Waals surface area contributed by atoms with Gasteiger partial charge in [-0.05, 0) is 18.6 Å². The van der Waals surface area contributed by atoms with Crippen LogP contribution in [-0.2, 0) is 6.54 Å². The maximum absolute atomic E-state index is 10.8. The van der Waals surface area contributed by atoms with Gasteiger partial charge in [-0.2, -0.15) is 0 Å². The molecule has 4 nitrogen and oxygen atoms in total. The first-order valence-corrected chi connectivity index (χ1v) is 6.24. The van der Waals surface area contributed by atoms with Crippen molar-refractivity contribution < 1.29 is 9.90 Å². The highest BCUT2D eigenvalue weighted by Crippen LogP contribution is 2.23. The fourth-order valence-corrected chi connectivity index (χ4v) is 2.77. The third-order valence-electron chi connectivity index (χ3n) is 2.83. The number of aryl methyl sites for hydroxylation is 1. The molecule has 0 aromatic carbocycles. The van der Waals surface area contributed by atoms with Crippen molar-refractivity contribution in [1.82, 2.24) is 10.2 Å². The number of carbonyl (C=O) groups is 1. The van der Waals surface area contributed by atoms with Crippen LogP contribution in [0.2, 0.25) is 0 Å². The maximum atomic E-state index is 10.8. The Hall–Kier alpha value is -0.910. The van der Waals surface area contributed by atoms with Gasteiger partial charge >= 0.3 is 5.97 Å². The fraction of sp³-hybridized carbons (Fsp3) is 0.545. The monoisotopic (exact) mass is 240 g/mol. The van der Waals surface area contributed by atoms with E-state index >= 15 is 0 Å². The first-order chi connectivity index (χ1) is 7.66. The predicted molar refractivity (Wildman–Crippen MR) is 64.2 cm³/mol. The largest absolute Gasteiger partial charge is 0.477 e. The molecule has 0 unspecified atom stereocenters. The van der Waals surface area contributed by atoms with E-state index in [0.29, 0.717) is 4.88 Å². The van der Waals surface area contributed by atoms with Gasteiger partial charge in [-0.15, -0.1) is 11.3 Å². The zero-order valence-electron chi connectivity index (χ0n) is 9.32. The summed E-state index contributed by atoms with van der Waals surface area (Å²) in [6, 6.07) is 1.81. The van der Waals surface area contributed by atoms with Gasteiger partial charge in [0.2, 0.25) is 0 Å². The fourth-order valence-electron chi connectivity index (χ4n) is 1.89. The van der Waals surface area contributed by atoms with Crippen molar-refractivity contribution in [3.05, 3.63) is 21.4 Å². The van der Waals surface area contributed by atoms with Gasteiger partial charge in [-0.3, -0.25) is 4.90 Å². The molecule has 16 heavy (non-hydrogen) atoms. The van der Waals surface area contributed by atoms with E-state index in [1.807, 2.05) is 13.0 Å². The Morgan fingerprint density at radius 1 is 1.56 bits per heavy atom. The van der Waals surface area contributed by atoms with Crippen molar-refractivity contribution in [2.75, 3.05) is 26.2 Å². The molecule has 0 saturated carbocycles. The maximum Gasteiger partial charge on any atom is 0.345 e. The van der Waals surface area contributed by atoms with Gasteiger partial charge in [-0.25, -0.2) is 4.79 Å². The molecule has 1 aliphatic rings. The summed E-state index contributed by atoms with van der Waals surface area (Å²) < 4.78 is 0. The number of nitrogens with zero attached hydrogens (tertiary/aromatic N) is 1. The Balaban J connectivity index is 2.05. The van der Waals surface area contributed by atoms with Gasteiger partial charge in [0.1, 0.15) is 4.88 Å². The third-order valence-corrected chi connectivity index (χ3v) is 3.92. The highest BCUT2D eigenvalue weighted by molar-refractivity contribution is 7.14. The average Bonchev–Trinajstić information content (AvgIpc) is 2.62. The predicted octanol–water partition coefficient (Wildman–Crippen LogP) is 1.16. The van der Waals surface area contributed by atoms with E-state index in [1.165, 1.54) is 11.3 Å². The van der Waals surface area contributed by atoms with Crippen molar-refractivity contribution in [1.29, 1.82) is 0 Å². The smallest absolute Gasteiger partial charge is 0.345 e. The van der Waals surface area contributed by atoms with E-state index in [0.717, 1.165) is 43.2 Å². The molecular weight excluding hydrogens is 224 g/mol. The second kappa shape index (κ2) is 4.95. The molecule has 0 radical (unpaired) electrons. The first kappa shape index (κ1) is 11.6. The van der Waals surface area contributed by atoms with E-state index in [1.54, 1.807) is 0 Å². The Kier molecular flexibility index (Phi) is 3.58. The number of piperazine rings is 1. The summed E-state index contributed by atoms with van der Waals surface area (Å²) in [6.07, 6.45) is 0. The van der Waals surface area contributed by atoms with Crippen molar-refractivity contribution in [3.8, 4) is 0 Å². The average molecular weight is 240 g/mol. The first-order valence-electron chi connectivity index (χ1n) is 5.42. The van der Waals surface area contributed by atoms with E-state index in [2.05, 4.69) is 10.2 Å². The Labute approximate surface area is 98.9 Å². The molecule has 88 valence electrons. The molecule has 1 saturated heterocycles. The van der Waals surface area contributed by atoms with Gasteiger partial charge in [0.15, 0.2) is 0 Å². The molecule has 5 heteroatoms. The van der Waals surface area contributed by atoms with Crippen molar-refractivity contribution in [2.45, 2.75) is 13.5 Å². The van der Waals surface area contributed by atoms with Crippen LogP contribution < -0.4 is 5.32 Å². The Morgan fingerprint density at radius 3 is 2.81 bits per heavy atom. The molecule has 2 rings (SSSR count). The number of nitrogens with one attached hydrogen (secondary N) is 1. The number of rotatable bonds is 3. The summed E-state index contributed by atoms with van der Waals surface area (Å²) in [4.78, 5) is 14.8. The topological polar surface area (TPSA) is 52.6 Å².